The largest absolute Gasteiger partial charge is 0.573 e. The van der Waals surface area contributed by atoms with Gasteiger partial charge in [0, 0.05) is 6.54 Å². The molecule has 2 aromatic rings. The van der Waals surface area contributed by atoms with Crippen molar-refractivity contribution in [3.05, 3.63) is 48.0 Å². The van der Waals surface area contributed by atoms with Gasteiger partial charge in [0.25, 0.3) is 0 Å². The number of rotatable bonds is 4. The van der Waals surface area contributed by atoms with E-state index >= 15 is 0 Å². The summed E-state index contributed by atoms with van der Waals surface area (Å²) in [5.41, 5.74) is 7.42. The summed E-state index contributed by atoms with van der Waals surface area (Å²) in [6.07, 6.45) is -4.73. The van der Waals surface area contributed by atoms with Gasteiger partial charge >= 0.3 is 6.36 Å². The third kappa shape index (κ3) is 4.13. The Bertz CT molecular complexity index is 609. The second-order valence-electron chi connectivity index (χ2n) is 4.35. The van der Waals surface area contributed by atoms with Crippen LogP contribution in [0.5, 0.6) is 11.5 Å². The van der Waals surface area contributed by atoms with Crippen LogP contribution in [0.15, 0.2) is 42.5 Å². The van der Waals surface area contributed by atoms with E-state index in [1.807, 2.05) is 0 Å². The zero-order chi connectivity index (χ0) is 15.5. The Morgan fingerprint density at radius 3 is 2.14 bits per heavy atom. The van der Waals surface area contributed by atoms with E-state index in [1.165, 1.54) is 12.1 Å². The normalized spacial score (nSPS) is 11.3. The van der Waals surface area contributed by atoms with Gasteiger partial charge in [0.15, 0.2) is 0 Å². The molecule has 0 atom stereocenters. The van der Waals surface area contributed by atoms with Gasteiger partial charge in [0.2, 0.25) is 0 Å². The quantitative estimate of drug-likeness (QED) is 0.935. The van der Waals surface area contributed by atoms with Crippen LogP contribution in [0.4, 0.5) is 13.2 Å². The number of halogens is 3. The average Bonchev–Trinajstić information content (AvgIpc) is 2.45. The molecule has 6 heteroatoms. The molecule has 2 rings (SSSR count). The molecule has 0 amide bonds. The highest BCUT2D eigenvalue weighted by Crippen LogP contribution is 2.30. The summed E-state index contributed by atoms with van der Waals surface area (Å²) < 4.78 is 46.0. The molecule has 2 N–H and O–H groups in total. The maximum absolute atomic E-state index is 12.3. The molecule has 0 bridgehead atoms. The molecule has 0 aliphatic heterocycles. The van der Waals surface area contributed by atoms with Crippen LogP contribution in [0.3, 0.4) is 0 Å². The van der Waals surface area contributed by atoms with Gasteiger partial charge in [-0.25, -0.2) is 0 Å². The van der Waals surface area contributed by atoms with Gasteiger partial charge in [0.05, 0.1) is 7.11 Å². The summed E-state index contributed by atoms with van der Waals surface area (Å²) >= 11 is 0. The lowest BCUT2D eigenvalue weighted by Gasteiger charge is -2.12. The highest BCUT2D eigenvalue weighted by Gasteiger charge is 2.31. The first-order chi connectivity index (χ1) is 9.91. The molecule has 0 unspecified atom stereocenters. The summed E-state index contributed by atoms with van der Waals surface area (Å²) in [5, 5.41) is 0. The van der Waals surface area contributed by atoms with Crippen LogP contribution < -0.4 is 15.2 Å². The fraction of sp³-hybridized carbons (Fsp3) is 0.200. The average molecular weight is 297 g/mol. The van der Waals surface area contributed by atoms with Crippen molar-refractivity contribution < 1.29 is 22.6 Å². The van der Waals surface area contributed by atoms with Crippen LogP contribution in [0.1, 0.15) is 5.56 Å². The monoisotopic (exact) mass is 297 g/mol. The minimum atomic E-state index is -4.73. The predicted molar refractivity (Wildman–Crippen MR) is 73.0 cm³/mol. The van der Waals surface area contributed by atoms with E-state index in [1.54, 1.807) is 37.4 Å². The number of benzene rings is 2. The summed E-state index contributed by atoms with van der Waals surface area (Å²) in [6.45, 7) is 0.123. The fourth-order valence-electron chi connectivity index (χ4n) is 1.92. The Hall–Kier alpha value is -2.21. The molecule has 0 aliphatic rings. The summed E-state index contributed by atoms with van der Waals surface area (Å²) in [6, 6.07) is 11.3. The van der Waals surface area contributed by atoms with Gasteiger partial charge in [-0.05, 0) is 47.0 Å². The molecular formula is C15H14F3NO2. The SMILES string of the molecule is COc1ccc(-c2cc(CN)cc(OC(F)(F)F)c2)cc1. The molecular weight excluding hydrogens is 283 g/mol. The first kappa shape index (κ1) is 15.2. The third-order valence-electron chi connectivity index (χ3n) is 2.86. The molecule has 0 fully saturated rings. The summed E-state index contributed by atoms with van der Waals surface area (Å²) in [5.74, 6) is 0.386. The van der Waals surface area contributed by atoms with E-state index in [4.69, 9.17) is 10.5 Å². The van der Waals surface area contributed by atoms with E-state index in [9.17, 15) is 13.2 Å². The van der Waals surface area contributed by atoms with E-state index in [-0.39, 0.29) is 12.3 Å². The van der Waals surface area contributed by atoms with Crippen molar-refractivity contribution >= 4 is 0 Å². The van der Waals surface area contributed by atoms with Crippen molar-refractivity contribution in [2.75, 3.05) is 7.11 Å². The minimum absolute atomic E-state index is 0.123. The van der Waals surface area contributed by atoms with Gasteiger partial charge in [-0.15, -0.1) is 13.2 Å². The van der Waals surface area contributed by atoms with Crippen LogP contribution in [0.25, 0.3) is 11.1 Å². The van der Waals surface area contributed by atoms with E-state index < -0.39 is 6.36 Å². The van der Waals surface area contributed by atoms with Crippen molar-refractivity contribution in [3.8, 4) is 22.6 Å². The maximum Gasteiger partial charge on any atom is 0.573 e. The highest BCUT2D eigenvalue weighted by atomic mass is 19.4. The first-order valence-corrected chi connectivity index (χ1v) is 6.15. The van der Waals surface area contributed by atoms with Gasteiger partial charge in [-0.3, -0.25) is 0 Å². The number of alkyl halides is 3. The Morgan fingerprint density at radius 2 is 1.62 bits per heavy atom. The topological polar surface area (TPSA) is 44.5 Å². The fourth-order valence-corrected chi connectivity index (χ4v) is 1.92. The van der Waals surface area contributed by atoms with Crippen LogP contribution in [-0.4, -0.2) is 13.5 Å². The van der Waals surface area contributed by atoms with Gasteiger partial charge in [0.1, 0.15) is 11.5 Å². The zero-order valence-electron chi connectivity index (χ0n) is 11.3. The first-order valence-electron chi connectivity index (χ1n) is 6.15. The minimum Gasteiger partial charge on any atom is -0.497 e. The molecule has 0 heterocycles. The number of methoxy groups -OCH3 is 1. The van der Waals surface area contributed by atoms with Gasteiger partial charge in [-0.2, -0.15) is 0 Å². The van der Waals surface area contributed by atoms with Crippen LogP contribution in [0, 0.1) is 0 Å². The lowest BCUT2D eigenvalue weighted by molar-refractivity contribution is -0.274. The maximum atomic E-state index is 12.3. The van der Waals surface area contributed by atoms with Crippen LogP contribution in [-0.2, 0) is 6.54 Å². The van der Waals surface area contributed by atoms with Gasteiger partial charge in [-0.1, -0.05) is 12.1 Å². The summed E-state index contributed by atoms with van der Waals surface area (Å²) in [4.78, 5) is 0. The van der Waals surface area contributed by atoms with Crippen molar-refractivity contribution in [1.29, 1.82) is 0 Å². The van der Waals surface area contributed by atoms with E-state index in [0.29, 0.717) is 16.9 Å². The Morgan fingerprint density at radius 1 is 0.952 bits per heavy atom. The van der Waals surface area contributed by atoms with Crippen molar-refractivity contribution in [1.82, 2.24) is 0 Å². The van der Waals surface area contributed by atoms with Crippen molar-refractivity contribution in [2.24, 2.45) is 5.73 Å². The number of hydrogen-bond donors (Lipinski definition) is 1. The molecule has 0 radical (unpaired) electrons. The lowest BCUT2D eigenvalue weighted by Crippen LogP contribution is -2.17. The number of nitrogens with two attached hydrogens (primary N) is 1. The predicted octanol–water partition coefficient (Wildman–Crippen LogP) is 3.72. The Labute approximate surface area is 120 Å². The zero-order valence-corrected chi connectivity index (χ0v) is 11.3. The molecule has 0 saturated heterocycles. The molecule has 0 saturated carbocycles. The second-order valence-corrected chi connectivity index (χ2v) is 4.35. The third-order valence-corrected chi connectivity index (χ3v) is 2.86. The molecule has 3 nitrogen and oxygen atoms in total. The highest BCUT2D eigenvalue weighted by molar-refractivity contribution is 5.67. The van der Waals surface area contributed by atoms with Crippen molar-refractivity contribution in [2.45, 2.75) is 12.9 Å². The standard InChI is InChI=1S/C15H14F3NO2/c1-20-13-4-2-11(3-5-13)12-6-10(9-19)7-14(8-12)21-15(16,17)18/h2-8H,9,19H2,1H3. The Kier molecular flexibility index (Phi) is 4.37. The molecule has 112 valence electrons. The molecule has 2 aromatic carbocycles. The summed E-state index contributed by atoms with van der Waals surface area (Å²) in [7, 11) is 1.54. The second kappa shape index (κ2) is 6.05. The van der Waals surface area contributed by atoms with Gasteiger partial charge < -0.3 is 15.2 Å². The number of hydrogen-bond acceptors (Lipinski definition) is 3. The van der Waals surface area contributed by atoms with Crippen LogP contribution >= 0.6 is 0 Å². The molecule has 0 spiro atoms. The van der Waals surface area contributed by atoms with E-state index in [0.717, 1.165) is 5.56 Å². The molecule has 0 aliphatic carbocycles. The smallest absolute Gasteiger partial charge is 0.497 e. The molecule has 21 heavy (non-hydrogen) atoms. The Balaban J connectivity index is 2.39. The molecule has 0 aromatic heterocycles. The van der Waals surface area contributed by atoms with Crippen LogP contribution in [0.2, 0.25) is 0 Å². The van der Waals surface area contributed by atoms with Crippen molar-refractivity contribution in [3.63, 3.8) is 0 Å². The van der Waals surface area contributed by atoms with E-state index in [2.05, 4.69) is 4.74 Å². The number of ether oxygens (including phenoxy) is 2. The lowest BCUT2D eigenvalue weighted by atomic mass is 10.0.